The number of aromatic nitrogens is 1. The van der Waals surface area contributed by atoms with Crippen molar-refractivity contribution in [1.29, 1.82) is 0 Å². The van der Waals surface area contributed by atoms with Crippen LogP contribution in [0, 0.1) is 6.92 Å². The molecule has 1 N–H and O–H groups in total. The molecule has 1 amide bonds. The summed E-state index contributed by atoms with van der Waals surface area (Å²) in [5.74, 6) is -4.75. The first-order chi connectivity index (χ1) is 9.00. The molecule has 1 aromatic carbocycles. The highest BCUT2D eigenvalue weighted by Crippen LogP contribution is 2.42. The van der Waals surface area contributed by atoms with Gasteiger partial charge in [-0.25, -0.2) is 0 Å². The van der Waals surface area contributed by atoms with E-state index in [4.69, 9.17) is 0 Å². The minimum absolute atomic E-state index is 0.167. The maximum absolute atomic E-state index is 13.7. The van der Waals surface area contributed by atoms with Crippen molar-refractivity contribution in [1.82, 2.24) is 4.98 Å². The van der Waals surface area contributed by atoms with Gasteiger partial charge in [0, 0.05) is 18.0 Å². The highest BCUT2D eigenvalue weighted by Gasteiger charge is 2.48. The van der Waals surface area contributed by atoms with E-state index in [1.807, 2.05) is 13.0 Å². The SMILES string of the molecule is Cc1ccncc1-c1ccc2c(c1)C(F)(F)C(=O)N2. The smallest absolute Gasteiger partial charge is 0.320 e. The van der Waals surface area contributed by atoms with Crippen molar-refractivity contribution < 1.29 is 13.6 Å². The average Bonchev–Trinajstić information content (AvgIpc) is 2.61. The minimum Gasteiger partial charge on any atom is -0.320 e. The van der Waals surface area contributed by atoms with E-state index >= 15 is 0 Å². The van der Waals surface area contributed by atoms with Gasteiger partial charge in [0.2, 0.25) is 0 Å². The largest absolute Gasteiger partial charge is 0.352 e. The second kappa shape index (κ2) is 3.85. The summed E-state index contributed by atoms with van der Waals surface area (Å²) >= 11 is 0. The molecule has 0 spiro atoms. The Hall–Kier alpha value is -2.30. The number of pyridine rings is 1. The Bertz CT molecular complexity index is 683. The predicted octanol–water partition coefficient (Wildman–Crippen LogP) is 3.10. The van der Waals surface area contributed by atoms with Crippen LogP contribution in [0.25, 0.3) is 11.1 Å². The molecule has 19 heavy (non-hydrogen) atoms. The van der Waals surface area contributed by atoms with Gasteiger partial charge in [-0.3, -0.25) is 9.78 Å². The normalized spacial score (nSPS) is 16.1. The second-order valence-electron chi connectivity index (χ2n) is 4.48. The number of carbonyl (C=O) groups is 1. The molecule has 96 valence electrons. The average molecular weight is 260 g/mol. The van der Waals surface area contributed by atoms with Crippen molar-refractivity contribution in [3.8, 4) is 11.1 Å². The first-order valence-corrected chi connectivity index (χ1v) is 5.75. The molecule has 0 aliphatic carbocycles. The van der Waals surface area contributed by atoms with Crippen LogP contribution in [0.2, 0.25) is 0 Å². The molecule has 1 aliphatic heterocycles. The van der Waals surface area contributed by atoms with Gasteiger partial charge in [0.1, 0.15) is 0 Å². The number of aryl methyl sites for hydroxylation is 1. The minimum atomic E-state index is -3.47. The van der Waals surface area contributed by atoms with E-state index in [9.17, 15) is 13.6 Å². The number of halogens is 2. The Morgan fingerprint density at radius 3 is 2.79 bits per heavy atom. The maximum Gasteiger partial charge on any atom is 0.352 e. The molecule has 3 nitrogen and oxygen atoms in total. The van der Waals surface area contributed by atoms with Gasteiger partial charge in [-0.15, -0.1) is 0 Å². The summed E-state index contributed by atoms with van der Waals surface area (Å²) in [6, 6.07) is 6.35. The van der Waals surface area contributed by atoms with Crippen molar-refractivity contribution in [2.24, 2.45) is 0 Å². The van der Waals surface area contributed by atoms with E-state index in [0.717, 1.165) is 11.1 Å². The quantitative estimate of drug-likeness (QED) is 0.856. The summed E-state index contributed by atoms with van der Waals surface area (Å²) in [5, 5.41) is 2.18. The number of rotatable bonds is 1. The van der Waals surface area contributed by atoms with Crippen molar-refractivity contribution in [3.05, 3.63) is 47.8 Å². The molecule has 0 saturated carbocycles. The summed E-state index contributed by atoms with van der Waals surface area (Å²) in [7, 11) is 0. The zero-order valence-corrected chi connectivity index (χ0v) is 10.1. The molecule has 3 rings (SSSR count). The van der Waals surface area contributed by atoms with Gasteiger partial charge >= 0.3 is 5.92 Å². The zero-order chi connectivity index (χ0) is 13.6. The molecule has 0 bridgehead atoms. The fourth-order valence-corrected chi connectivity index (χ4v) is 2.17. The van der Waals surface area contributed by atoms with Crippen molar-refractivity contribution in [2.75, 3.05) is 5.32 Å². The Labute approximate surface area is 108 Å². The number of nitrogens with zero attached hydrogens (tertiary/aromatic N) is 1. The zero-order valence-electron chi connectivity index (χ0n) is 10.1. The molecule has 1 aromatic heterocycles. The summed E-state index contributed by atoms with van der Waals surface area (Å²) in [4.78, 5) is 15.2. The third-order valence-corrected chi connectivity index (χ3v) is 3.24. The molecule has 0 unspecified atom stereocenters. The van der Waals surface area contributed by atoms with Gasteiger partial charge in [-0.05, 0) is 36.2 Å². The molecule has 2 heterocycles. The lowest BCUT2D eigenvalue weighted by molar-refractivity contribution is -0.139. The number of amides is 1. The molecular formula is C14H10F2N2O. The molecule has 0 saturated heterocycles. The lowest BCUT2D eigenvalue weighted by atomic mass is 9.99. The summed E-state index contributed by atoms with van der Waals surface area (Å²) < 4.78 is 27.4. The lowest BCUT2D eigenvalue weighted by Crippen LogP contribution is -2.23. The Kier molecular flexibility index (Phi) is 2.38. The summed E-state index contributed by atoms with van der Waals surface area (Å²) in [6.45, 7) is 1.88. The van der Waals surface area contributed by atoms with Crippen LogP contribution < -0.4 is 5.32 Å². The molecule has 5 heteroatoms. The van der Waals surface area contributed by atoms with E-state index in [0.29, 0.717) is 5.56 Å². The highest BCUT2D eigenvalue weighted by atomic mass is 19.3. The molecule has 0 fully saturated rings. The van der Waals surface area contributed by atoms with E-state index < -0.39 is 11.8 Å². The topological polar surface area (TPSA) is 42.0 Å². The second-order valence-corrected chi connectivity index (χ2v) is 4.48. The third kappa shape index (κ3) is 1.69. The first kappa shape index (κ1) is 11.8. The van der Waals surface area contributed by atoms with Crippen molar-refractivity contribution >= 4 is 11.6 Å². The maximum atomic E-state index is 13.7. The number of hydrogen-bond acceptors (Lipinski definition) is 2. The van der Waals surface area contributed by atoms with Crippen molar-refractivity contribution in [3.63, 3.8) is 0 Å². The summed E-state index contributed by atoms with van der Waals surface area (Å²) in [6.07, 6.45) is 3.27. The lowest BCUT2D eigenvalue weighted by Gasteiger charge is -2.10. The Balaban J connectivity index is 2.16. The summed E-state index contributed by atoms with van der Waals surface area (Å²) in [5.41, 5.74) is 2.23. The first-order valence-electron chi connectivity index (χ1n) is 5.75. The number of hydrogen-bond donors (Lipinski definition) is 1. The van der Waals surface area contributed by atoms with Crippen LogP contribution in [0.4, 0.5) is 14.5 Å². The fourth-order valence-electron chi connectivity index (χ4n) is 2.17. The van der Waals surface area contributed by atoms with Gasteiger partial charge in [-0.2, -0.15) is 8.78 Å². The van der Waals surface area contributed by atoms with Gasteiger partial charge < -0.3 is 5.32 Å². The number of fused-ring (bicyclic) bond motifs is 1. The van der Waals surface area contributed by atoms with E-state index in [1.54, 1.807) is 18.5 Å². The fraction of sp³-hybridized carbons (Fsp3) is 0.143. The van der Waals surface area contributed by atoms with Gasteiger partial charge in [0.05, 0.1) is 11.3 Å². The van der Waals surface area contributed by atoms with E-state index in [1.165, 1.54) is 12.1 Å². The number of benzene rings is 1. The van der Waals surface area contributed by atoms with E-state index in [-0.39, 0.29) is 11.3 Å². The van der Waals surface area contributed by atoms with Crippen LogP contribution in [0.5, 0.6) is 0 Å². The van der Waals surface area contributed by atoms with Crippen LogP contribution in [-0.2, 0) is 10.7 Å². The molecule has 0 atom stereocenters. The van der Waals surface area contributed by atoms with Gasteiger partial charge in [-0.1, -0.05) is 6.07 Å². The predicted molar refractivity (Wildman–Crippen MR) is 66.9 cm³/mol. The molecule has 2 aromatic rings. The molecular weight excluding hydrogens is 250 g/mol. The van der Waals surface area contributed by atoms with Gasteiger partial charge in [0.15, 0.2) is 0 Å². The Morgan fingerprint density at radius 1 is 1.26 bits per heavy atom. The monoisotopic (exact) mass is 260 g/mol. The van der Waals surface area contributed by atoms with Crippen molar-refractivity contribution in [2.45, 2.75) is 12.8 Å². The molecule has 1 aliphatic rings. The number of carbonyl (C=O) groups excluding carboxylic acids is 1. The molecule has 0 radical (unpaired) electrons. The number of nitrogens with one attached hydrogen (secondary N) is 1. The number of anilines is 1. The van der Waals surface area contributed by atoms with Gasteiger partial charge in [0.25, 0.3) is 5.91 Å². The number of alkyl halides is 2. The van der Waals surface area contributed by atoms with Crippen LogP contribution in [0.15, 0.2) is 36.7 Å². The standard InChI is InChI=1S/C14H10F2N2O/c1-8-4-5-17-7-10(8)9-2-3-12-11(6-9)14(15,16)13(19)18-12/h2-7H,1H3,(H,18,19). The van der Waals surface area contributed by atoms with Crippen LogP contribution in [-0.4, -0.2) is 10.9 Å². The highest BCUT2D eigenvalue weighted by molar-refractivity contribution is 6.04. The van der Waals surface area contributed by atoms with Crippen LogP contribution in [0.3, 0.4) is 0 Å². The van der Waals surface area contributed by atoms with E-state index in [2.05, 4.69) is 10.3 Å². The van der Waals surface area contributed by atoms with Crippen LogP contribution in [0.1, 0.15) is 11.1 Å². The third-order valence-electron chi connectivity index (χ3n) is 3.24. The Morgan fingerprint density at radius 2 is 2.05 bits per heavy atom. The van der Waals surface area contributed by atoms with Crippen LogP contribution >= 0.6 is 0 Å².